The van der Waals surface area contributed by atoms with Crippen molar-refractivity contribution < 1.29 is 4.74 Å². The van der Waals surface area contributed by atoms with E-state index in [1.165, 1.54) is 5.56 Å². The summed E-state index contributed by atoms with van der Waals surface area (Å²) in [5.74, 6) is 0.668. The second-order valence-electron chi connectivity index (χ2n) is 5.04. The number of fused-ring (bicyclic) bond motifs is 1. The fraction of sp³-hybridized carbons (Fsp3) is 0.357. The number of rotatable bonds is 3. The van der Waals surface area contributed by atoms with Gasteiger partial charge in [-0.2, -0.15) is 0 Å². The molecule has 0 unspecified atom stereocenters. The van der Waals surface area contributed by atoms with Crippen LogP contribution in [0.25, 0.3) is 10.8 Å². The van der Waals surface area contributed by atoms with Gasteiger partial charge in [-0.1, -0.05) is 12.1 Å². The maximum absolute atomic E-state index is 6.03. The Kier molecular flexibility index (Phi) is 3.03. The van der Waals surface area contributed by atoms with Crippen molar-refractivity contribution in [2.75, 3.05) is 7.11 Å². The first kappa shape index (κ1) is 11.9. The van der Waals surface area contributed by atoms with Gasteiger partial charge in [-0.3, -0.25) is 0 Å². The average Bonchev–Trinajstić information content (AvgIpc) is 2.25. The van der Waals surface area contributed by atoms with Crippen molar-refractivity contribution in [3.8, 4) is 5.88 Å². The molecule has 0 atom stereocenters. The Morgan fingerprint density at radius 3 is 2.71 bits per heavy atom. The fourth-order valence-electron chi connectivity index (χ4n) is 2.00. The number of methoxy groups -OCH3 is 1. The van der Waals surface area contributed by atoms with Crippen molar-refractivity contribution in [1.82, 2.24) is 4.98 Å². The number of benzene rings is 1. The third-order valence-electron chi connectivity index (χ3n) is 2.65. The Morgan fingerprint density at radius 2 is 2.06 bits per heavy atom. The van der Waals surface area contributed by atoms with Crippen molar-refractivity contribution in [3.05, 3.63) is 36.0 Å². The molecule has 0 aliphatic rings. The van der Waals surface area contributed by atoms with Crippen molar-refractivity contribution in [3.63, 3.8) is 0 Å². The third-order valence-corrected chi connectivity index (χ3v) is 2.65. The van der Waals surface area contributed by atoms with Gasteiger partial charge in [0, 0.05) is 17.1 Å². The number of aromatic nitrogens is 1. The first-order chi connectivity index (χ1) is 7.99. The van der Waals surface area contributed by atoms with Gasteiger partial charge in [0.2, 0.25) is 5.88 Å². The molecular formula is C14H18N2O. The van der Waals surface area contributed by atoms with Crippen LogP contribution in [0, 0.1) is 0 Å². The van der Waals surface area contributed by atoms with E-state index in [9.17, 15) is 0 Å². The van der Waals surface area contributed by atoms with Crippen molar-refractivity contribution in [1.29, 1.82) is 0 Å². The van der Waals surface area contributed by atoms with E-state index >= 15 is 0 Å². The Bertz CT molecular complexity index is 529. The van der Waals surface area contributed by atoms with Gasteiger partial charge >= 0.3 is 0 Å². The zero-order chi connectivity index (χ0) is 12.5. The summed E-state index contributed by atoms with van der Waals surface area (Å²) in [5, 5.41) is 2.17. The molecule has 0 bridgehead atoms. The summed E-state index contributed by atoms with van der Waals surface area (Å²) in [6, 6.07) is 8.27. The molecule has 0 fully saturated rings. The van der Waals surface area contributed by atoms with E-state index < -0.39 is 0 Å². The number of nitrogens with zero attached hydrogens (tertiary/aromatic N) is 1. The molecule has 2 rings (SSSR count). The first-order valence-electron chi connectivity index (χ1n) is 5.70. The molecule has 0 saturated heterocycles. The normalized spacial score (nSPS) is 11.8. The van der Waals surface area contributed by atoms with Gasteiger partial charge in [-0.25, -0.2) is 4.98 Å². The highest BCUT2D eigenvalue weighted by molar-refractivity contribution is 5.87. The van der Waals surface area contributed by atoms with Gasteiger partial charge in [0.15, 0.2) is 0 Å². The van der Waals surface area contributed by atoms with Crippen LogP contribution >= 0.6 is 0 Å². The van der Waals surface area contributed by atoms with Crippen LogP contribution in [0.4, 0.5) is 0 Å². The largest absolute Gasteiger partial charge is 0.481 e. The number of nitrogens with two attached hydrogens (primary N) is 1. The molecule has 1 heterocycles. The molecule has 90 valence electrons. The predicted octanol–water partition coefficient (Wildman–Crippen LogP) is 2.52. The van der Waals surface area contributed by atoms with Gasteiger partial charge in [0.05, 0.1) is 7.11 Å². The van der Waals surface area contributed by atoms with Crippen LogP contribution in [0.2, 0.25) is 0 Å². The van der Waals surface area contributed by atoms with Crippen molar-refractivity contribution >= 4 is 10.8 Å². The van der Waals surface area contributed by atoms with Gasteiger partial charge in [-0.05, 0) is 43.4 Å². The van der Waals surface area contributed by atoms with E-state index in [2.05, 4.69) is 17.1 Å². The Morgan fingerprint density at radius 1 is 1.29 bits per heavy atom. The number of ether oxygens (including phenoxy) is 1. The molecule has 17 heavy (non-hydrogen) atoms. The van der Waals surface area contributed by atoms with E-state index in [1.54, 1.807) is 13.3 Å². The number of hydrogen-bond acceptors (Lipinski definition) is 3. The predicted molar refractivity (Wildman–Crippen MR) is 70.3 cm³/mol. The fourth-order valence-corrected chi connectivity index (χ4v) is 2.00. The maximum Gasteiger partial charge on any atom is 0.221 e. The number of hydrogen-bond donors (Lipinski definition) is 1. The quantitative estimate of drug-likeness (QED) is 0.881. The topological polar surface area (TPSA) is 48.1 Å². The summed E-state index contributed by atoms with van der Waals surface area (Å²) < 4.78 is 5.23. The lowest BCUT2D eigenvalue weighted by Crippen LogP contribution is -2.34. The number of pyridine rings is 1. The highest BCUT2D eigenvalue weighted by Crippen LogP contribution is 2.24. The Balaban J connectivity index is 2.45. The molecule has 0 aliphatic heterocycles. The van der Waals surface area contributed by atoms with Crippen molar-refractivity contribution in [2.45, 2.75) is 25.8 Å². The minimum Gasteiger partial charge on any atom is -0.481 e. The summed E-state index contributed by atoms with van der Waals surface area (Å²) in [6.07, 6.45) is 2.62. The lowest BCUT2D eigenvalue weighted by atomic mass is 9.95. The molecule has 3 nitrogen and oxygen atoms in total. The van der Waals surface area contributed by atoms with Crippen molar-refractivity contribution in [2.24, 2.45) is 5.73 Å². The molecule has 3 heteroatoms. The van der Waals surface area contributed by atoms with E-state index in [0.717, 1.165) is 17.2 Å². The molecule has 0 saturated carbocycles. The molecule has 1 aromatic carbocycles. The zero-order valence-corrected chi connectivity index (χ0v) is 10.5. The average molecular weight is 230 g/mol. The summed E-state index contributed by atoms with van der Waals surface area (Å²) in [5.41, 5.74) is 7.08. The molecule has 2 aromatic rings. The van der Waals surface area contributed by atoms with Gasteiger partial charge in [0.1, 0.15) is 0 Å². The standard InChI is InChI=1S/C14H18N2O/c1-14(2,15)9-10-4-5-12-11(8-10)6-7-16-13(12)17-3/h4-8H,9,15H2,1-3H3. The first-order valence-corrected chi connectivity index (χ1v) is 5.70. The molecule has 0 spiro atoms. The van der Waals surface area contributed by atoms with Gasteiger partial charge in [-0.15, -0.1) is 0 Å². The van der Waals surface area contributed by atoms with Crippen LogP contribution in [-0.4, -0.2) is 17.6 Å². The zero-order valence-electron chi connectivity index (χ0n) is 10.5. The Hall–Kier alpha value is -1.61. The Labute approximate surface area is 102 Å². The monoisotopic (exact) mass is 230 g/mol. The molecule has 1 aromatic heterocycles. The lowest BCUT2D eigenvalue weighted by molar-refractivity contribution is 0.403. The summed E-state index contributed by atoms with van der Waals surface area (Å²) >= 11 is 0. The highest BCUT2D eigenvalue weighted by atomic mass is 16.5. The van der Waals surface area contributed by atoms with Crippen LogP contribution in [0.1, 0.15) is 19.4 Å². The van der Waals surface area contributed by atoms with Crippen LogP contribution in [-0.2, 0) is 6.42 Å². The van der Waals surface area contributed by atoms with E-state index in [4.69, 9.17) is 10.5 Å². The third kappa shape index (κ3) is 2.74. The summed E-state index contributed by atoms with van der Waals surface area (Å²) in [7, 11) is 1.64. The molecule has 0 aliphatic carbocycles. The van der Waals surface area contributed by atoms with Crippen LogP contribution in [0.15, 0.2) is 30.5 Å². The molecule has 2 N–H and O–H groups in total. The smallest absolute Gasteiger partial charge is 0.221 e. The maximum atomic E-state index is 6.03. The SMILES string of the molecule is COc1nccc2cc(CC(C)(C)N)ccc12. The van der Waals surface area contributed by atoms with E-state index in [-0.39, 0.29) is 5.54 Å². The van der Waals surface area contributed by atoms with Crippen LogP contribution < -0.4 is 10.5 Å². The minimum absolute atomic E-state index is 0.190. The molecule has 0 amide bonds. The van der Waals surface area contributed by atoms with E-state index in [1.807, 2.05) is 26.0 Å². The summed E-state index contributed by atoms with van der Waals surface area (Å²) in [4.78, 5) is 4.18. The second-order valence-corrected chi connectivity index (χ2v) is 5.04. The minimum atomic E-state index is -0.190. The second kappa shape index (κ2) is 4.34. The van der Waals surface area contributed by atoms with Crippen LogP contribution in [0.5, 0.6) is 5.88 Å². The van der Waals surface area contributed by atoms with Gasteiger partial charge in [0.25, 0.3) is 0 Å². The highest BCUT2D eigenvalue weighted by Gasteiger charge is 2.12. The van der Waals surface area contributed by atoms with E-state index in [0.29, 0.717) is 5.88 Å². The van der Waals surface area contributed by atoms with Crippen LogP contribution in [0.3, 0.4) is 0 Å². The molecular weight excluding hydrogens is 212 g/mol. The summed E-state index contributed by atoms with van der Waals surface area (Å²) in [6.45, 7) is 4.06. The van der Waals surface area contributed by atoms with Gasteiger partial charge < -0.3 is 10.5 Å². The lowest BCUT2D eigenvalue weighted by Gasteiger charge is -2.18. The molecule has 0 radical (unpaired) electrons.